The second-order valence-electron chi connectivity index (χ2n) is 2.18. The summed E-state index contributed by atoms with van der Waals surface area (Å²) in [6.07, 6.45) is 3.66. The second kappa shape index (κ2) is 2.69. The van der Waals surface area contributed by atoms with E-state index in [1.165, 1.54) is 0 Å². The zero-order valence-electron chi connectivity index (χ0n) is 5.37. The molecule has 1 N–H and O–H groups in total. The fourth-order valence-corrected chi connectivity index (χ4v) is 0.750. The Morgan fingerprint density at radius 1 is 1.78 bits per heavy atom. The summed E-state index contributed by atoms with van der Waals surface area (Å²) in [4.78, 5) is 0. The predicted molar refractivity (Wildman–Crippen MR) is 34.1 cm³/mol. The van der Waals surface area contributed by atoms with Gasteiger partial charge in [0.05, 0.1) is 18.6 Å². The van der Waals surface area contributed by atoms with Crippen molar-refractivity contribution in [2.24, 2.45) is 0 Å². The monoisotopic (exact) mass is 126 g/mol. The van der Waals surface area contributed by atoms with Crippen LogP contribution in [0, 0.1) is 0 Å². The molecule has 0 amide bonds. The molecule has 0 radical (unpaired) electrons. The van der Waals surface area contributed by atoms with E-state index in [4.69, 9.17) is 9.52 Å². The van der Waals surface area contributed by atoms with Gasteiger partial charge >= 0.3 is 0 Å². The van der Waals surface area contributed by atoms with Crippen LogP contribution in [0.1, 0.15) is 12.5 Å². The minimum absolute atomic E-state index is 0.275. The molecule has 1 atom stereocenters. The Morgan fingerprint density at radius 3 is 3.00 bits per heavy atom. The van der Waals surface area contributed by atoms with Crippen molar-refractivity contribution < 1.29 is 9.52 Å². The van der Waals surface area contributed by atoms with Crippen LogP contribution in [0.4, 0.5) is 0 Å². The molecule has 0 saturated carbocycles. The summed E-state index contributed by atoms with van der Waals surface area (Å²) in [5, 5.41) is 8.88. The molecular formula is C7H10O2. The van der Waals surface area contributed by atoms with Gasteiger partial charge in [0.15, 0.2) is 0 Å². The Kier molecular flexibility index (Phi) is 1.90. The minimum Gasteiger partial charge on any atom is -0.472 e. The third kappa shape index (κ3) is 1.90. The molecule has 0 fully saturated rings. The van der Waals surface area contributed by atoms with Crippen LogP contribution >= 0.6 is 0 Å². The molecule has 1 aromatic heterocycles. The van der Waals surface area contributed by atoms with Crippen LogP contribution in [0.25, 0.3) is 0 Å². The molecule has 0 saturated heterocycles. The summed E-state index contributed by atoms with van der Waals surface area (Å²) in [5.74, 6) is 0. The number of furan rings is 1. The highest BCUT2D eigenvalue weighted by molar-refractivity contribution is 5.05. The van der Waals surface area contributed by atoms with Crippen LogP contribution < -0.4 is 0 Å². The molecule has 0 spiro atoms. The SMILES string of the molecule is C[C@@H](O)Cc1ccoc1. The van der Waals surface area contributed by atoms with E-state index in [1.807, 2.05) is 6.07 Å². The van der Waals surface area contributed by atoms with Gasteiger partial charge in [0.1, 0.15) is 0 Å². The van der Waals surface area contributed by atoms with Crippen molar-refractivity contribution in [3.05, 3.63) is 24.2 Å². The normalized spacial score (nSPS) is 13.6. The van der Waals surface area contributed by atoms with E-state index in [-0.39, 0.29) is 6.10 Å². The molecule has 50 valence electrons. The van der Waals surface area contributed by atoms with E-state index >= 15 is 0 Å². The van der Waals surface area contributed by atoms with Crippen molar-refractivity contribution in [2.75, 3.05) is 0 Å². The van der Waals surface area contributed by atoms with Gasteiger partial charge in [-0.25, -0.2) is 0 Å². The number of hydrogen-bond donors (Lipinski definition) is 1. The maximum atomic E-state index is 8.88. The van der Waals surface area contributed by atoms with E-state index in [1.54, 1.807) is 19.5 Å². The fraction of sp³-hybridized carbons (Fsp3) is 0.429. The standard InChI is InChI=1S/C7H10O2/c1-6(8)4-7-2-3-9-5-7/h2-3,5-6,8H,4H2,1H3/t6-/m1/s1. The fourth-order valence-electron chi connectivity index (χ4n) is 0.750. The lowest BCUT2D eigenvalue weighted by Crippen LogP contribution is -2.02. The van der Waals surface area contributed by atoms with Gasteiger partial charge in [-0.15, -0.1) is 0 Å². The van der Waals surface area contributed by atoms with Gasteiger partial charge in [-0.05, 0) is 18.6 Å². The lowest BCUT2D eigenvalue weighted by atomic mass is 10.2. The lowest BCUT2D eigenvalue weighted by Gasteiger charge is -1.97. The quantitative estimate of drug-likeness (QED) is 0.646. The minimum atomic E-state index is -0.275. The number of aliphatic hydroxyl groups excluding tert-OH is 1. The first-order valence-electron chi connectivity index (χ1n) is 2.98. The van der Waals surface area contributed by atoms with Crippen LogP contribution in [-0.4, -0.2) is 11.2 Å². The van der Waals surface area contributed by atoms with Crippen molar-refractivity contribution in [1.82, 2.24) is 0 Å². The predicted octanol–water partition coefficient (Wildman–Crippen LogP) is 1.20. The van der Waals surface area contributed by atoms with E-state index in [9.17, 15) is 0 Å². The Bertz CT molecular complexity index is 153. The smallest absolute Gasteiger partial charge is 0.0935 e. The van der Waals surface area contributed by atoms with Gasteiger partial charge in [-0.3, -0.25) is 0 Å². The zero-order chi connectivity index (χ0) is 6.69. The van der Waals surface area contributed by atoms with Crippen LogP contribution in [0.3, 0.4) is 0 Å². The molecule has 2 heteroatoms. The Hall–Kier alpha value is -0.760. The van der Waals surface area contributed by atoms with Gasteiger partial charge in [0, 0.05) is 6.42 Å². The first-order chi connectivity index (χ1) is 4.29. The van der Waals surface area contributed by atoms with Crippen LogP contribution in [0.5, 0.6) is 0 Å². The van der Waals surface area contributed by atoms with Crippen molar-refractivity contribution in [1.29, 1.82) is 0 Å². The summed E-state index contributed by atoms with van der Waals surface area (Å²) >= 11 is 0. The Labute approximate surface area is 54.1 Å². The first kappa shape index (κ1) is 6.36. The summed E-state index contributed by atoms with van der Waals surface area (Å²) in [6, 6.07) is 1.85. The van der Waals surface area contributed by atoms with Gasteiger partial charge in [-0.2, -0.15) is 0 Å². The molecule has 0 unspecified atom stereocenters. The van der Waals surface area contributed by atoms with Gasteiger partial charge in [-0.1, -0.05) is 0 Å². The summed E-state index contributed by atoms with van der Waals surface area (Å²) < 4.78 is 4.80. The molecule has 0 aliphatic carbocycles. The van der Waals surface area contributed by atoms with Gasteiger partial charge in [0.25, 0.3) is 0 Å². The molecule has 1 aromatic rings. The second-order valence-corrected chi connectivity index (χ2v) is 2.18. The third-order valence-corrected chi connectivity index (χ3v) is 1.11. The molecule has 0 aromatic carbocycles. The summed E-state index contributed by atoms with van der Waals surface area (Å²) in [5.41, 5.74) is 1.05. The molecule has 0 aliphatic heterocycles. The molecular weight excluding hydrogens is 116 g/mol. The number of hydrogen-bond acceptors (Lipinski definition) is 2. The van der Waals surface area contributed by atoms with Crippen molar-refractivity contribution in [3.63, 3.8) is 0 Å². The van der Waals surface area contributed by atoms with E-state index in [0.717, 1.165) is 5.56 Å². The highest BCUT2D eigenvalue weighted by atomic mass is 16.3. The highest BCUT2D eigenvalue weighted by Crippen LogP contribution is 2.02. The lowest BCUT2D eigenvalue weighted by molar-refractivity contribution is 0.195. The first-order valence-corrected chi connectivity index (χ1v) is 2.98. The van der Waals surface area contributed by atoms with Gasteiger partial charge < -0.3 is 9.52 Å². The average Bonchev–Trinajstić information content (AvgIpc) is 2.15. The topological polar surface area (TPSA) is 33.4 Å². The van der Waals surface area contributed by atoms with Crippen molar-refractivity contribution in [3.8, 4) is 0 Å². The van der Waals surface area contributed by atoms with Crippen molar-refractivity contribution >= 4 is 0 Å². The molecule has 1 heterocycles. The van der Waals surface area contributed by atoms with E-state index in [0.29, 0.717) is 6.42 Å². The van der Waals surface area contributed by atoms with Crippen LogP contribution in [0.15, 0.2) is 23.0 Å². The number of rotatable bonds is 2. The summed E-state index contributed by atoms with van der Waals surface area (Å²) in [7, 11) is 0. The molecule has 1 rings (SSSR count). The zero-order valence-corrected chi connectivity index (χ0v) is 5.37. The van der Waals surface area contributed by atoms with E-state index in [2.05, 4.69) is 0 Å². The van der Waals surface area contributed by atoms with Crippen molar-refractivity contribution in [2.45, 2.75) is 19.4 Å². The summed E-state index contributed by atoms with van der Waals surface area (Å²) in [6.45, 7) is 1.76. The number of aliphatic hydroxyl groups is 1. The molecule has 0 bridgehead atoms. The average molecular weight is 126 g/mol. The van der Waals surface area contributed by atoms with E-state index < -0.39 is 0 Å². The largest absolute Gasteiger partial charge is 0.472 e. The maximum absolute atomic E-state index is 8.88. The molecule has 9 heavy (non-hydrogen) atoms. The van der Waals surface area contributed by atoms with Crippen LogP contribution in [0.2, 0.25) is 0 Å². The Balaban J connectivity index is 2.48. The highest BCUT2D eigenvalue weighted by Gasteiger charge is 1.97. The maximum Gasteiger partial charge on any atom is 0.0935 e. The third-order valence-electron chi connectivity index (χ3n) is 1.11. The molecule has 0 aliphatic rings. The van der Waals surface area contributed by atoms with Gasteiger partial charge in [0.2, 0.25) is 0 Å². The Morgan fingerprint density at radius 2 is 2.56 bits per heavy atom. The van der Waals surface area contributed by atoms with Crippen LogP contribution in [-0.2, 0) is 6.42 Å². The molecule has 2 nitrogen and oxygen atoms in total.